The van der Waals surface area contributed by atoms with Crippen LogP contribution in [-0.4, -0.2) is 28.3 Å². The first-order valence-corrected chi connectivity index (χ1v) is 5.39. The second kappa shape index (κ2) is 4.68. The lowest BCUT2D eigenvalue weighted by atomic mass is 9.98. The molecule has 1 fully saturated rings. The van der Waals surface area contributed by atoms with Crippen LogP contribution in [0.4, 0.5) is 0 Å². The van der Waals surface area contributed by atoms with E-state index in [1.165, 1.54) is 0 Å². The number of amides is 1. The minimum Gasteiger partial charge on any atom is -0.480 e. The molecule has 0 aromatic heterocycles. The lowest BCUT2D eigenvalue weighted by Crippen LogP contribution is -2.52. The van der Waals surface area contributed by atoms with Crippen LogP contribution >= 0.6 is 12.6 Å². The molecule has 1 aliphatic rings. The highest BCUT2D eigenvalue weighted by Gasteiger charge is 2.42. The third kappa shape index (κ3) is 2.41. The molecule has 0 aromatic carbocycles. The second-order valence-electron chi connectivity index (χ2n) is 3.62. The van der Waals surface area contributed by atoms with Crippen LogP contribution in [0.3, 0.4) is 0 Å². The molecule has 2 N–H and O–H groups in total. The molecule has 80 valence electrons. The third-order valence-electron chi connectivity index (χ3n) is 2.58. The third-order valence-corrected chi connectivity index (χ3v) is 2.81. The molecule has 5 heteroatoms. The van der Waals surface area contributed by atoms with Crippen molar-refractivity contribution in [2.75, 3.05) is 5.75 Å². The van der Waals surface area contributed by atoms with Crippen LogP contribution < -0.4 is 5.32 Å². The topological polar surface area (TPSA) is 66.4 Å². The van der Waals surface area contributed by atoms with Gasteiger partial charge in [-0.25, -0.2) is 4.79 Å². The minimum absolute atomic E-state index is 0.218. The fraction of sp³-hybridized carbons (Fsp3) is 0.778. The lowest BCUT2D eigenvalue weighted by Gasteiger charge is -2.25. The van der Waals surface area contributed by atoms with Crippen LogP contribution in [0.5, 0.6) is 0 Å². The van der Waals surface area contributed by atoms with Crippen LogP contribution in [-0.2, 0) is 9.59 Å². The Morgan fingerprint density at radius 3 is 2.36 bits per heavy atom. The molecule has 0 unspecified atom stereocenters. The zero-order valence-corrected chi connectivity index (χ0v) is 8.85. The minimum atomic E-state index is -1.000. The molecule has 0 atom stereocenters. The summed E-state index contributed by atoms with van der Waals surface area (Å²) in [5.41, 5.74) is -1.000. The van der Waals surface area contributed by atoms with Gasteiger partial charge in [0.2, 0.25) is 5.91 Å². The van der Waals surface area contributed by atoms with Crippen molar-refractivity contribution in [3.05, 3.63) is 0 Å². The van der Waals surface area contributed by atoms with Crippen LogP contribution in [0.15, 0.2) is 0 Å². The van der Waals surface area contributed by atoms with E-state index in [9.17, 15) is 9.59 Å². The molecular formula is C9H15NO3S. The summed E-state index contributed by atoms with van der Waals surface area (Å²) < 4.78 is 0. The Bertz CT molecular complexity index is 236. The van der Waals surface area contributed by atoms with Crippen molar-refractivity contribution < 1.29 is 14.7 Å². The number of hydrogen-bond acceptors (Lipinski definition) is 3. The molecule has 0 bridgehead atoms. The first-order valence-electron chi connectivity index (χ1n) is 4.76. The molecule has 0 heterocycles. The van der Waals surface area contributed by atoms with E-state index in [2.05, 4.69) is 17.9 Å². The maximum atomic E-state index is 11.3. The normalized spacial score (nSPS) is 19.2. The fourth-order valence-electron chi connectivity index (χ4n) is 1.80. The molecule has 14 heavy (non-hydrogen) atoms. The Kier molecular flexibility index (Phi) is 3.80. The summed E-state index contributed by atoms with van der Waals surface area (Å²) in [5.74, 6) is -0.687. The van der Waals surface area contributed by atoms with E-state index < -0.39 is 11.5 Å². The quantitative estimate of drug-likeness (QED) is 0.611. The molecule has 1 saturated carbocycles. The van der Waals surface area contributed by atoms with Crippen molar-refractivity contribution in [3.63, 3.8) is 0 Å². The van der Waals surface area contributed by atoms with E-state index in [1.807, 2.05) is 0 Å². The largest absolute Gasteiger partial charge is 0.480 e. The number of carboxylic acid groups (broad SMARTS) is 1. The van der Waals surface area contributed by atoms with E-state index in [0.717, 1.165) is 12.8 Å². The lowest BCUT2D eigenvalue weighted by molar-refractivity contribution is -0.147. The van der Waals surface area contributed by atoms with E-state index >= 15 is 0 Å². The summed E-state index contributed by atoms with van der Waals surface area (Å²) in [6, 6.07) is 0. The smallest absolute Gasteiger partial charge is 0.329 e. The summed E-state index contributed by atoms with van der Waals surface area (Å²) in [7, 11) is 0. The van der Waals surface area contributed by atoms with Gasteiger partial charge in [0.15, 0.2) is 0 Å². The van der Waals surface area contributed by atoms with Gasteiger partial charge in [-0.2, -0.15) is 12.6 Å². The van der Waals surface area contributed by atoms with Crippen LogP contribution in [0.1, 0.15) is 32.1 Å². The predicted molar refractivity (Wildman–Crippen MR) is 55.4 cm³/mol. The predicted octanol–water partition coefficient (Wildman–Crippen LogP) is 0.820. The van der Waals surface area contributed by atoms with Gasteiger partial charge in [0.1, 0.15) is 5.54 Å². The average molecular weight is 217 g/mol. The summed E-state index contributed by atoms with van der Waals surface area (Å²) in [5, 5.41) is 11.7. The fourth-order valence-corrected chi connectivity index (χ4v) is 2.00. The monoisotopic (exact) mass is 217 g/mol. The Morgan fingerprint density at radius 1 is 1.36 bits per heavy atom. The summed E-state index contributed by atoms with van der Waals surface area (Å²) >= 11 is 3.93. The first-order chi connectivity index (χ1) is 6.60. The summed E-state index contributed by atoms with van der Waals surface area (Å²) in [4.78, 5) is 22.3. The highest BCUT2D eigenvalue weighted by Crippen LogP contribution is 2.29. The Labute approximate surface area is 88.5 Å². The van der Waals surface area contributed by atoms with Crippen molar-refractivity contribution >= 4 is 24.5 Å². The van der Waals surface area contributed by atoms with Crippen molar-refractivity contribution in [1.82, 2.24) is 5.32 Å². The van der Waals surface area contributed by atoms with Gasteiger partial charge in [0.05, 0.1) is 0 Å². The summed E-state index contributed by atoms with van der Waals surface area (Å²) in [6.07, 6.45) is 3.10. The zero-order valence-electron chi connectivity index (χ0n) is 7.95. The van der Waals surface area contributed by atoms with Gasteiger partial charge >= 0.3 is 5.97 Å². The van der Waals surface area contributed by atoms with Gasteiger partial charge in [-0.3, -0.25) is 4.79 Å². The van der Waals surface area contributed by atoms with E-state index in [0.29, 0.717) is 18.6 Å². The van der Waals surface area contributed by atoms with E-state index in [4.69, 9.17) is 5.11 Å². The Hall–Kier alpha value is -0.710. The van der Waals surface area contributed by atoms with E-state index in [-0.39, 0.29) is 12.3 Å². The molecule has 1 amide bonds. The summed E-state index contributed by atoms with van der Waals surface area (Å²) in [6.45, 7) is 0. The maximum Gasteiger partial charge on any atom is 0.329 e. The molecular weight excluding hydrogens is 202 g/mol. The van der Waals surface area contributed by atoms with Gasteiger partial charge in [0, 0.05) is 6.42 Å². The molecule has 0 saturated heterocycles. The van der Waals surface area contributed by atoms with Gasteiger partial charge in [-0.1, -0.05) is 12.8 Å². The van der Waals surface area contributed by atoms with Gasteiger partial charge in [-0.05, 0) is 18.6 Å². The molecule has 0 radical (unpaired) electrons. The SMILES string of the molecule is O=C(CCS)NC1(C(=O)O)CCCC1. The Morgan fingerprint density at radius 2 is 1.93 bits per heavy atom. The van der Waals surface area contributed by atoms with Gasteiger partial charge in [-0.15, -0.1) is 0 Å². The van der Waals surface area contributed by atoms with Crippen molar-refractivity contribution in [2.45, 2.75) is 37.6 Å². The number of carbonyl (C=O) groups is 2. The number of nitrogens with one attached hydrogen (secondary N) is 1. The number of carboxylic acids is 1. The molecule has 0 aromatic rings. The molecule has 0 spiro atoms. The number of thiol groups is 1. The van der Waals surface area contributed by atoms with Gasteiger partial charge in [0.25, 0.3) is 0 Å². The number of aliphatic carboxylic acids is 1. The van der Waals surface area contributed by atoms with Crippen molar-refractivity contribution in [3.8, 4) is 0 Å². The Balaban J connectivity index is 2.60. The highest BCUT2D eigenvalue weighted by atomic mass is 32.1. The van der Waals surface area contributed by atoms with Crippen LogP contribution in [0.2, 0.25) is 0 Å². The molecule has 1 rings (SSSR count). The maximum absolute atomic E-state index is 11.3. The molecule has 0 aliphatic heterocycles. The zero-order chi connectivity index (χ0) is 10.6. The van der Waals surface area contributed by atoms with Crippen molar-refractivity contribution in [2.24, 2.45) is 0 Å². The first kappa shape index (κ1) is 11.4. The second-order valence-corrected chi connectivity index (χ2v) is 4.06. The number of hydrogen-bond donors (Lipinski definition) is 3. The number of carbonyl (C=O) groups excluding carboxylic acids is 1. The van der Waals surface area contributed by atoms with Crippen LogP contribution in [0.25, 0.3) is 0 Å². The van der Waals surface area contributed by atoms with Crippen molar-refractivity contribution in [1.29, 1.82) is 0 Å². The van der Waals surface area contributed by atoms with Gasteiger partial charge < -0.3 is 10.4 Å². The molecule has 4 nitrogen and oxygen atoms in total. The standard InChI is InChI=1S/C9H15NO3S/c11-7(3-6-14)10-9(8(12)13)4-1-2-5-9/h14H,1-6H2,(H,10,11)(H,12,13). The highest BCUT2D eigenvalue weighted by molar-refractivity contribution is 7.80. The molecule has 1 aliphatic carbocycles. The van der Waals surface area contributed by atoms with Crippen LogP contribution in [0, 0.1) is 0 Å². The number of rotatable bonds is 4. The van der Waals surface area contributed by atoms with E-state index in [1.54, 1.807) is 0 Å². The average Bonchev–Trinajstić information content (AvgIpc) is 2.54.